The zero-order valence-electron chi connectivity index (χ0n) is 19.5. The second kappa shape index (κ2) is 9.18. The van der Waals surface area contributed by atoms with E-state index in [0.29, 0.717) is 31.4 Å². The number of hydrogen-bond donors (Lipinski definition) is 0. The van der Waals surface area contributed by atoms with Crippen LogP contribution in [0.5, 0.6) is 11.5 Å². The monoisotopic (exact) mass is 462 g/mol. The lowest BCUT2D eigenvalue weighted by molar-refractivity contribution is 0.0745. The van der Waals surface area contributed by atoms with Crippen molar-refractivity contribution in [1.82, 2.24) is 9.88 Å². The van der Waals surface area contributed by atoms with Crippen molar-refractivity contribution in [2.24, 2.45) is 5.92 Å². The van der Waals surface area contributed by atoms with E-state index < -0.39 is 0 Å². The van der Waals surface area contributed by atoms with E-state index in [1.165, 1.54) is 24.0 Å². The second-order valence-corrected chi connectivity index (χ2v) is 10.3. The van der Waals surface area contributed by atoms with Gasteiger partial charge >= 0.3 is 0 Å². The van der Waals surface area contributed by atoms with Crippen molar-refractivity contribution in [2.45, 2.75) is 40.0 Å². The van der Waals surface area contributed by atoms with Gasteiger partial charge < -0.3 is 14.4 Å². The topological polar surface area (TPSA) is 51.7 Å². The number of aromatic nitrogens is 1. The quantitative estimate of drug-likeness (QED) is 0.459. The van der Waals surface area contributed by atoms with Crippen LogP contribution in [0.2, 0.25) is 0 Å². The Balaban J connectivity index is 1.38. The summed E-state index contributed by atoms with van der Waals surface area (Å²) < 4.78 is 11.4. The standard InChI is InChI=1S/C27H30N2O3S/c1-17-4-8-22(14-18(17)2)26-25(28-19(3)33-26)27(30)29(16-21-5-6-21)11-10-20-7-9-23-24(15-20)32-13-12-31-23/h4,7-9,14-15,21H,5-6,10-13,16H2,1-3H3. The summed E-state index contributed by atoms with van der Waals surface area (Å²) in [5.41, 5.74) is 5.29. The van der Waals surface area contributed by atoms with Crippen LogP contribution in [-0.2, 0) is 6.42 Å². The fourth-order valence-corrected chi connectivity index (χ4v) is 5.10. The van der Waals surface area contributed by atoms with Gasteiger partial charge in [0, 0.05) is 13.1 Å². The molecule has 1 aliphatic carbocycles. The molecule has 1 aliphatic heterocycles. The fourth-order valence-electron chi connectivity index (χ4n) is 4.20. The summed E-state index contributed by atoms with van der Waals surface area (Å²) in [7, 11) is 0. The lowest BCUT2D eigenvalue weighted by atomic mass is 10.0. The first-order valence-corrected chi connectivity index (χ1v) is 12.5. The summed E-state index contributed by atoms with van der Waals surface area (Å²) in [6.07, 6.45) is 3.18. The second-order valence-electron chi connectivity index (χ2n) is 9.13. The molecule has 1 saturated carbocycles. The van der Waals surface area contributed by atoms with Gasteiger partial charge in [-0.3, -0.25) is 4.79 Å². The highest BCUT2D eigenvalue weighted by atomic mass is 32.1. The van der Waals surface area contributed by atoms with Gasteiger partial charge in [0.05, 0.1) is 9.88 Å². The van der Waals surface area contributed by atoms with Crippen LogP contribution in [0.25, 0.3) is 10.4 Å². The van der Waals surface area contributed by atoms with Crippen LogP contribution in [0.4, 0.5) is 0 Å². The van der Waals surface area contributed by atoms with Gasteiger partial charge in [-0.25, -0.2) is 4.98 Å². The molecule has 33 heavy (non-hydrogen) atoms. The van der Waals surface area contributed by atoms with E-state index in [0.717, 1.165) is 45.5 Å². The summed E-state index contributed by atoms with van der Waals surface area (Å²) in [6, 6.07) is 12.5. The fraction of sp³-hybridized carbons (Fsp3) is 0.407. The van der Waals surface area contributed by atoms with E-state index in [-0.39, 0.29) is 5.91 Å². The van der Waals surface area contributed by atoms with Crippen LogP contribution in [0.3, 0.4) is 0 Å². The molecule has 2 heterocycles. The number of carbonyl (C=O) groups is 1. The number of thiazole rings is 1. The molecule has 2 aromatic carbocycles. The molecule has 1 aromatic heterocycles. The molecule has 0 unspecified atom stereocenters. The first kappa shape index (κ1) is 22.0. The first-order chi connectivity index (χ1) is 16.0. The lowest BCUT2D eigenvalue weighted by Gasteiger charge is -2.23. The molecule has 6 heteroatoms. The minimum Gasteiger partial charge on any atom is -0.486 e. The highest BCUT2D eigenvalue weighted by Gasteiger charge is 2.30. The predicted molar refractivity (Wildman–Crippen MR) is 132 cm³/mol. The normalized spacial score (nSPS) is 14.9. The van der Waals surface area contributed by atoms with Gasteiger partial charge in [0.15, 0.2) is 11.5 Å². The van der Waals surface area contributed by atoms with Crippen molar-refractivity contribution in [3.8, 4) is 21.9 Å². The van der Waals surface area contributed by atoms with E-state index in [1.807, 2.05) is 24.0 Å². The molecule has 0 N–H and O–H groups in total. The van der Waals surface area contributed by atoms with Crippen molar-refractivity contribution in [1.29, 1.82) is 0 Å². The Kier molecular flexibility index (Phi) is 6.11. The lowest BCUT2D eigenvalue weighted by Crippen LogP contribution is -2.35. The molecule has 0 radical (unpaired) electrons. The first-order valence-electron chi connectivity index (χ1n) is 11.7. The number of ether oxygens (including phenoxy) is 2. The van der Waals surface area contributed by atoms with Crippen molar-refractivity contribution in [3.63, 3.8) is 0 Å². The number of hydrogen-bond acceptors (Lipinski definition) is 5. The third kappa shape index (κ3) is 4.91. The number of amides is 1. The third-order valence-electron chi connectivity index (χ3n) is 6.45. The zero-order valence-corrected chi connectivity index (χ0v) is 20.3. The molecule has 172 valence electrons. The molecular weight excluding hydrogens is 432 g/mol. The number of nitrogens with zero attached hydrogens (tertiary/aromatic N) is 2. The van der Waals surface area contributed by atoms with Gasteiger partial charge in [0.1, 0.15) is 18.9 Å². The molecule has 5 rings (SSSR count). The molecule has 1 fully saturated rings. The SMILES string of the molecule is Cc1nc(C(=O)N(CCc2ccc3c(c2)OCCO3)CC2CC2)c(-c2ccc(C)c(C)c2)s1. The molecule has 0 spiro atoms. The average Bonchev–Trinajstić information content (AvgIpc) is 3.56. The maximum Gasteiger partial charge on any atom is 0.274 e. The number of aryl methyl sites for hydroxylation is 3. The number of carbonyl (C=O) groups excluding carboxylic acids is 1. The summed E-state index contributed by atoms with van der Waals surface area (Å²) in [5.74, 6) is 2.24. The van der Waals surface area contributed by atoms with Crippen LogP contribution >= 0.6 is 11.3 Å². The Bertz CT molecular complexity index is 1180. The Hall–Kier alpha value is -2.86. The summed E-state index contributed by atoms with van der Waals surface area (Å²) >= 11 is 1.60. The van der Waals surface area contributed by atoms with Crippen LogP contribution in [-0.4, -0.2) is 42.1 Å². The number of fused-ring (bicyclic) bond motifs is 1. The highest BCUT2D eigenvalue weighted by molar-refractivity contribution is 7.15. The summed E-state index contributed by atoms with van der Waals surface area (Å²) in [4.78, 5) is 21.4. The number of rotatable bonds is 7. The smallest absolute Gasteiger partial charge is 0.274 e. The Morgan fingerprint density at radius 1 is 1.03 bits per heavy atom. The van der Waals surface area contributed by atoms with Gasteiger partial charge in [-0.15, -0.1) is 11.3 Å². The van der Waals surface area contributed by atoms with Crippen molar-refractivity contribution in [3.05, 3.63) is 63.8 Å². The largest absolute Gasteiger partial charge is 0.486 e. The van der Waals surface area contributed by atoms with Gasteiger partial charge in [-0.2, -0.15) is 0 Å². The van der Waals surface area contributed by atoms with E-state index in [9.17, 15) is 4.79 Å². The minimum absolute atomic E-state index is 0.0389. The zero-order chi connectivity index (χ0) is 22.9. The molecule has 0 atom stereocenters. The molecule has 1 amide bonds. The van der Waals surface area contributed by atoms with Crippen molar-refractivity contribution >= 4 is 17.2 Å². The predicted octanol–water partition coefficient (Wildman–Crippen LogP) is 5.60. The highest BCUT2D eigenvalue weighted by Crippen LogP contribution is 2.35. The average molecular weight is 463 g/mol. The Morgan fingerprint density at radius 2 is 1.82 bits per heavy atom. The Labute approximate surface area is 199 Å². The van der Waals surface area contributed by atoms with E-state index in [4.69, 9.17) is 14.5 Å². The van der Waals surface area contributed by atoms with Crippen LogP contribution < -0.4 is 9.47 Å². The van der Waals surface area contributed by atoms with Gasteiger partial charge in [-0.1, -0.05) is 24.3 Å². The maximum absolute atomic E-state index is 13.7. The molecule has 0 saturated heterocycles. The molecule has 2 aliphatic rings. The van der Waals surface area contributed by atoms with Crippen molar-refractivity contribution < 1.29 is 14.3 Å². The van der Waals surface area contributed by atoms with E-state index in [2.05, 4.69) is 38.1 Å². The van der Waals surface area contributed by atoms with Crippen molar-refractivity contribution in [2.75, 3.05) is 26.3 Å². The molecule has 3 aromatic rings. The molecule has 5 nitrogen and oxygen atoms in total. The van der Waals surface area contributed by atoms with Gasteiger partial charge in [0.2, 0.25) is 0 Å². The summed E-state index contributed by atoms with van der Waals surface area (Å²) in [5, 5.41) is 0.921. The van der Waals surface area contributed by atoms with Gasteiger partial charge in [0.25, 0.3) is 5.91 Å². The van der Waals surface area contributed by atoms with Crippen LogP contribution in [0.15, 0.2) is 36.4 Å². The minimum atomic E-state index is 0.0389. The maximum atomic E-state index is 13.7. The summed E-state index contributed by atoms with van der Waals surface area (Å²) in [6.45, 7) is 8.83. The molecular formula is C27H30N2O3S. The molecule has 0 bridgehead atoms. The third-order valence-corrected chi connectivity index (χ3v) is 7.47. The van der Waals surface area contributed by atoms with E-state index >= 15 is 0 Å². The van der Waals surface area contributed by atoms with Crippen LogP contribution in [0.1, 0.15) is 45.0 Å². The van der Waals surface area contributed by atoms with E-state index in [1.54, 1.807) is 11.3 Å². The Morgan fingerprint density at radius 3 is 2.58 bits per heavy atom. The van der Waals surface area contributed by atoms with Gasteiger partial charge in [-0.05, 0) is 80.3 Å². The van der Waals surface area contributed by atoms with Crippen LogP contribution in [0, 0.1) is 26.7 Å². The number of benzene rings is 2.